The van der Waals surface area contributed by atoms with Crippen molar-refractivity contribution in [3.8, 4) is 0 Å². The number of hydrogen-bond donors (Lipinski definition) is 0. The van der Waals surface area contributed by atoms with Crippen LogP contribution in [0.5, 0.6) is 0 Å². The summed E-state index contributed by atoms with van der Waals surface area (Å²) in [6.45, 7) is 1.76. The van der Waals surface area contributed by atoms with Crippen molar-refractivity contribution in [1.82, 2.24) is 9.13 Å². The van der Waals surface area contributed by atoms with Crippen LogP contribution < -0.4 is 33.9 Å². The third-order valence-corrected chi connectivity index (χ3v) is 17.8. The Kier molecular flexibility index (Phi) is 28.5. The number of nitrogens with zero attached hydrogens (tertiary/aromatic N) is 4. The van der Waals surface area contributed by atoms with Crippen LogP contribution in [0.2, 0.25) is 0 Å². The minimum absolute atomic E-state index is 0. The second kappa shape index (κ2) is 29.8. The molecule has 4 saturated carbocycles. The Hall–Kier alpha value is 1.60. The molecule has 312 valence electrons. The van der Waals surface area contributed by atoms with E-state index in [0.717, 1.165) is 35.7 Å². The molecule has 0 amide bonds. The van der Waals surface area contributed by atoms with Crippen LogP contribution in [0.3, 0.4) is 0 Å². The van der Waals surface area contributed by atoms with E-state index in [2.05, 4.69) is 69.8 Å². The molecule has 0 bridgehead atoms. The zero-order valence-corrected chi connectivity index (χ0v) is 39.9. The molecular weight excluding hydrogens is 926 g/mol. The van der Waals surface area contributed by atoms with E-state index in [0.29, 0.717) is 11.8 Å². The van der Waals surface area contributed by atoms with E-state index in [1.807, 2.05) is 0 Å². The van der Waals surface area contributed by atoms with Gasteiger partial charge in [-0.1, -0.05) is 77.0 Å². The molecule has 6 rings (SSSR count). The summed E-state index contributed by atoms with van der Waals surface area (Å²) in [5.41, 5.74) is 3.29. The standard InChI is InChI=1S/2C19H33ClN2OP.4ClH.Pd/c2*1-21-12-13-22(16-21)15-17(14-20)23-24(18-8-4-2-5-9-18)19-10-6-3-7-11-19;;;;;/h2*12-13,16-19H,2-11,14-15H2,1H3;4*1H;/q2*+1;;;;;+2/p-4. The zero-order valence-electron chi connectivity index (χ0n) is 32.0. The van der Waals surface area contributed by atoms with Gasteiger partial charge in [0.2, 0.25) is 12.7 Å². The van der Waals surface area contributed by atoms with Crippen LogP contribution in [0.15, 0.2) is 37.4 Å². The van der Waals surface area contributed by atoms with Gasteiger partial charge in [-0.25, -0.2) is 18.3 Å². The molecule has 2 atom stereocenters. The van der Waals surface area contributed by atoms with Gasteiger partial charge in [0.25, 0.3) is 0 Å². The fourth-order valence-electron chi connectivity index (χ4n) is 8.54. The Morgan fingerprint density at radius 2 is 0.830 bits per heavy atom. The van der Waals surface area contributed by atoms with E-state index in [1.165, 1.54) is 128 Å². The van der Waals surface area contributed by atoms with Gasteiger partial charge < -0.3 is 33.9 Å². The summed E-state index contributed by atoms with van der Waals surface area (Å²) >= 11 is 12.5. The van der Waals surface area contributed by atoms with Crippen molar-refractivity contribution in [3.05, 3.63) is 37.4 Å². The van der Waals surface area contributed by atoms with Gasteiger partial charge in [0.1, 0.15) is 50.1 Å². The molecule has 0 spiro atoms. The maximum atomic E-state index is 6.79. The van der Waals surface area contributed by atoms with Gasteiger partial charge in [0, 0.05) is 38.9 Å². The molecule has 2 heterocycles. The molecule has 6 nitrogen and oxygen atoms in total. The molecule has 0 aromatic carbocycles. The SMILES string of the molecule is C[n+]1ccn(CC(CCl)OP(C2CCCCC2)C2CCCCC2)c1.C[n+]1ccn(CC(CCl)OP(C2CCCCC2)C2CCCCC2)c1.[Cl-].[Cl-].[Cl][Pd][Cl]. The number of halogens is 6. The summed E-state index contributed by atoms with van der Waals surface area (Å²) in [5.74, 6) is 1.19. The van der Waals surface area contributed by atoms with Crippen molar-refractivity contribution in [3.63, 3.8) is 0 Å². The van der Waals surface area contributed by atoms with E-state index in [-0.39, 0.29) is 69.3 Å². The molecule has 4 aliphatic rings. The minimum atomic E-state index is -0.336. The van der Waals surface area contributed by atoms with Crippen LogP contribution in [0.25, 0.3) is 0 Å². The van der Waals surface area contributed by atoms with E-state index >= 15 is 0 Å². The fraction of sp³-hybridized carbons (Fsp3) is 0.842. The number of alkyl halides is 2. The van der Waals surface area contributed by atoms with Gasteiger partial charge in [-0.2, -0.15) is 0 Å². The molecule has 4 aliphatic carbocycles. The fourth-order valence-corrected chi connectivity index (χ4v) is 15.4. The van der Waals surface area contributed by atoms with Crippen molar-refractivity contribution < 1.29 is 58.9 Å². The summed E-state index contributed by atoms with van der Waals surface area (Å²) in [4.78, 5) is 0. The summed E-state index contributed by atoms with van der Waals surface area (Å²) in [7, 11) is 13.1. The average Bonchev–Trinajstić information content (AvgIpc) is 3.79. The Bertz CT molecular complexity index is 1060. The van der Waals surface area contributed by atoms with E-state index in [9.17, 15) is 0 Å². The summed E-state index contributed by atoms with van der Waals surface area (Å²) < 4.78 is 22.2. The molecule has 4 fully saturated rings. The molecule has 0 saturated heterocycles. The van der Waals surface area contributed by atoms with Crippen molar-refractivity contribution in [1.29, 1.82) is 0 Å². The van der Waals surface area contributed by atoms with Crippen LogP contribution in [0.4, 0.5) is 0 Å². The third-order valence-electron chi connectivity index (χ3n) is 11.1. The quantitative estimate of drug-likeness (QED) is 0.111. The van der Waals surface area contributed by atoms with Crippen LogP contribution in [-0.4, -0.2) is 55.7 Å². The number of imidazole rings is 2. The van der Waals surface area contributed by atoms with E-state index in [1.54, 1.807) is 0 Å². The van der Waals surface area contributed by atoms with Gasteiger partial charge in [-0.3, -0.25) is 0 Å². The molecule has 2 aromatic rings. The topological polar surface area (TPSA) is 36.1 Å². The Balaban J connectivity index is 0.000000330. The monoisotopic (exact) mass is 988 g/mol. The van der Waals surface area contributed by atoms with E-state index in [4.69, 9.17) is 51.3 Å². The Morgan fingerprint density at radius 1 is 0.566 bits per heavy atom. The van der Waals surface area contributed by atoms with Gasteiger partial charge in [0.15, 0.2) is 0 Å². The van der Waals surface area contributed by atoms with Crippen molar-refractivity contribution in [2.75, 3.05) is 11.8 Å². The van der Waals surface area contributed by atoms with Gasteiger partial charge >= 0.3 is 35.0 Å². The molecule has 0 radical (unpaired) electrons. The molecule has 0 N–H and O–H groups in total. The van der Waals surface area contributed by atoms with E-state index < -0.39 is 0 Å². The molecule has 0 aliphatic heterocycles. The molecule has 15 heteroatoms. The van der Waals surface area contributed by atoms with Crippen LogP contribution in [0.1, 0.15) is 128 Å². The van der Waals surface area contributed by atoms with Crippen molar-refractivity contribution in [2.45, 2.75) is 176 Å². The number of aryl methyl sites for hydroxylation is 2. The number of hydrogen-bond acceptors (Lipinski definition) is 2. The summed E-state index contributed by atoms with van der Waals surface area (Å²) in [6.07, 6.45) is 40.9. The summed E-state index contributed by atoms with van der Waals surface area (Å²) in [5, 5.41) is 0. The number of aromatic nitrogens is 4. The first-order valence-corrected chi connectivity index (χ1v) is 27.7. The number of rotatable bonds is 14. The Labute approximate surface area is 363 Å². The summed E-state index contributed by atoms with van der Waals surface area (Å²) in [6, 6.07) is 0. The zero-order chi connectivity index (χ0) is 36.3. The molecular formula is C38H66Cl6N4O2P2Pd. The molecule has 2 unspecified atom stereocenters. The average molecular weight is 992 g/mol. The van der Waals surface area contributed by atoms with Crippen molar-refractivity contribution in [2.24, 2.45) is 14.1 Å². The predicted octanol–water partition coefficient (Wildman–Crippen LogP) is 5.38. The predicted molar refractivity (Wildman–Crippen MR) is 215 cm³/mol. The second-order valence-electron chi connectivity index (χ2n) is 15.2. The Morgan fingerprint density at radius 3 is 1.04 bits per heavy atom. The van der Waals surface area contributed by atoms with Crippen LogP contribution in [0, 0.1) is 0 Å². The first-order valence-electron chi connectivity index (χ1n) is 19.8. The molecule has 2 aromatic heterocycles. The molecule has 53 heavy (non-hydrogen) atoms. The maximum absolute atomic E-state index is 6.79. The third kappa shape index (κ3) is 18.6. The van der Waals surface area contributed by atoms with Crippen molar-refractivity contribution >= 4 is 58.6 Å². The normalized spacial score (nSPS) is 20.5. The first kappa shape index (κ1) is 50.7. The van der Waals surface area contributed by atoms with Gasteiger partial charge in [0.05, 0.1) is 25.9 Å². The second-order valence-corrected chi connectivity index (χ2v) is 23.0. The van der Waals surface area contributed by atoms with Gasteiger partial charge in [-0.15, -0.1) is 23.2 Å². The van der Waals surface area contributed by atoms with Gasteiger partial charge in [-0.05, 0) is 51.4 Å². The first-order chi connectivity index (χ1) is 24.9. The van der Waals surface area contributed by atoms with Crippen LogP contribution in [-0.2, 0) is 52.2 Å². The van der Waals surface area contributed by atoms with Crippen LogP contribution >= 0.6 is 58.6 Å².